The topological polar surface area (TPSA) is 115 Å². The van der Waals surface area contributed by atoms with Crippen molar-refractivity contribution in [1.29, 1.82) is 0 Å². The van der Waals surface area contributed by atoms with Gasteiger partial charge in [-0.25, -0.2) is 18.4 Å². The number of nitro benzene ring substituents is 1. The van der Waals surface area contributed by atoms with Gasteiger partial charge in [0.2, 0.25) is 0 Å². The summed E-state index contributed by atoms with van der Waals surface area (Å²) in [5.41, 5.74) is -0.344. The van der Waals surface area contributed by atoms with Crippen LogP contribution in [0.25, 0.3) is 0 Å². The molecular weight excluding hydrogens is 308 g/mol. The van der Waals surface area contributed by atoms with Gasteiger partial charge in [0.1, 0.15) is 11.3 Å². The summed E-state index contributed by atoms with van der Waals surface area (Å²) in [5.74, 6) is 0. The molecule has 104 valence electrons. The summed E-state index contributed by atoms with van der Waals surface area (Å²) in [6.45, 7) is 0. The zero-order valence-corrected chi connectivity index (χ0v) is 11.3. The Balaban J connectivity index is 2.40. The van der Waals surface area contributed by atoms with E-state index in [0.29, 0.717) is 0 Å². The molecule has 1 aromatic heterocycles. The van der Waals surface area contributed by atoms with Gasteiger partial charge in [-0.1, -0.05) is 11.6 Å². The quantitative estimate of drug-likeness (QED) is 0.680. The van der Waals surface area contributed by atoms with Gasteiger partial charge in [0, 0.05) is 6.07 Å². The maximum atomic E-state index is 12.1. The number of hydrogen-bond donors (Lipinski definition) is 1. The minimum absolute atomic E-state index is 0.142. The largest absolute Gasteiger partial charge is 0.289 e. The van der Waals surface area contributed by atoms with Crippen molar-refractivity contribution < 1.29 is 13.3 Å². The van der Waals surface area contributed by atoms with Crippen molar-refractivity contribution in [3.63, 3.8) is 0 Å². The molecule has 0 aliphatic rings. The van der Waals surface area contributed by atoms with E-state index >= 15 is 0 Å². The Morgan fingerprint density at radius 2 is 1.90 bits per heavy atom. The molecule has 1 heterocycles. The number of halogens is 1. The van der Waals surface area contributed by atoms with E-state index in [1.807, 2.05) is 0 Å². The maximum Gasteiger partial charge on any atom is 0.289 e. The molecule has 0 amide bonds. The fraction of sp³-hybridized carbons (Fsp3) is 0. The molecule has 0 unspecified atom stereocenters. The van der Waals surface area contributed by atoms with E-state index in [2.05, 4.69) is 14.7 Å². The maximum absolute atomic E-state index is 12.1. The molecule has 10 heteroatoms. The Morgan fingerprint density at radius 1 is 1.25 bits per heavy atom. The van der Waals surface area contributed by atoms with Gasteiger partial charge in [0.05, 0.1) is 27.9 Å². The number of aromatic nitrogens is 2. The Morgan fingerprint density at radius 3 is 2.50 bits per heavy atom. The third-order valence-electron chi connectivity index (χ3n) is 2.24. The smallest absolute Gasteiger partial charge is 0.276 e. The van der Waals surface area contributed by atoms with Crippen LogP contribution in [0.3, 0.4) is 0 Å². The van der Waals surface area contributed by atoms with E-state index < -0.39 is 20.6 Å². The van der Waals surface area contributed by atoms with Crippen LogP contribution in [0.2, 0.25) is 5.02 Å². The Hall–Kier alpha value is -2.26. The Labute approximate surface area is 118 Å². The highest BCUT2D eigenvalue weighted by atomic mass is 35.5. The first-order chi connectivity index (χ1) is 9.40. The van der Waals surface area contributed by atoms with Crippen molar-refractivity contribution in [3.05, 3.63) is 52.1 Å². The molecule has 0 atom stereocenters. The van der Waals surface area contributed by atoms with Crippen molar-refractivity contribution in [2.75, 3.05) is 4.72 Å². The molecule has 8 nitrogen and oxygen atoms in total. The molecule has 1 N–H and O–H groups in total. The van der Waals surface area contributed by atoms with Crippen LogP contribution < -0.4 is 4.72 Å². The molecule has 20 heavy (non-hydrogen) atoms. The summed E-state index contributed by atoms with van der Waals surface area (Å²) in [4.78, 5) is 17.0. The fourth-order valence-corrected chi connectivity index (χ4v) is 2.60. The number of nitrogens with one attached hydrogen (secondary N) is 1. The van der Waals surface area contributed by atoms with Crippen LogP contribution in [0.1, 0.15) is 0 Å². The predicted molar refractivity (Wildman–Crippen MR) is 70.9 cm³/mol. The second-order valence-corrected chi connectivity index (χ2v) is 5.69. The zero-order valence-electron chi connectivity index (χ0n) is 9.72. The van der Waals surface area contributed by atoms with Crippen LogP contribution in [-0.4, -0.2) is 23.3 Å². The number of sulfonamides is 1. The van der Waals surface area contributed by atoms with Crippen LogP contribution >= 0.6 is 11.6 Å². The van der Waals surface area contributed by atoms with E-state index in [1.165, 1.54) is 24.8 Å². The van der Waals surface area contributed by atoms with Crippen LogP contribution in [0.15, 0.2) is 41.8 Å². The molecule has 0 radical (unpaired) electrons. The average Bonchev–Trinajstić information content (AvgIpc) is 2.39. The lowest BCUT2D eigenvalue weighted by atomic mass is 10.3. The first kappa shape index (κ1) is 14.2. The molecule has 0 saturated heterocycles. The second-order valence-electron chi connectivity index (χ2n) is 3.60. The summed E-state index contributed by atoms with van der Waals surface area (Å²) >= 11 is 5.62. The van der Waals surface area contributed by atoms with Gasteiger partial charge in [-0.3, -0.25) is 14.8 Å². The van der Waals surface area contributed by atoms with Gasteiger partial charge < -0.3 is 0 Å². The number of hydrogen-bond acceptors (Lipinski definition) is 6. The molecule has 0 bridgehead atoms. The fourth-order valence-electron chi connectivity index (χ4n) is 1.37. The van der Waals surface area contributed by atoms with Crippen LogP contribution in [0.4, 0.5) is 11.4 Å². The predicted octanol–water partition coefficient (Wildman–Crippen LogP) is 1.84. The minimum atomic E-state index is -3.98. The highest BCUT2D eigenvalue weighted by Crippen LogP contribution is 2.27. The normalized spacial score (nSPS) is 11.1. The van der Waals surface area contributed by atoms with E-state index in [1.54, 1.807) is 0 Å². The molecule has 0 aliphatic carbocycles. The Bertz CT molecular complexity index is 751. The molecule has 0 fully saturated rings. The lowest BCUT2D eigenvalue weighted by Gasteiger charge is -2.07. The molecule has 2 aromatic rings. The summed E-state index contributed by atoms with van der Waals surface area (Å²) in [6, 6.07) is 3.20. The second kappa shape index (κ2) is 5.39. The van der Waals surface area contributed by atoms with Crippen LogP contribution in [0, 0.1) is 10.1 Å². The molecule has 2 rings (SSSR count). The highest BCUT2D eigenvalue weighted by molar-refractivity contribution is 7.92. The Kier molecular flexibility index (Phi) is 3.81. The number of rotatable bonds is 4. The zero-order chi connectivity index (χ0) is 14.8. The third kappa shape index (κ3) is 3.00. The molecule has 0 saturated carbocycles. The lowest BCUT2D eigenvalue weighted by Crippen LogP contribution is -2.13. The number of nitro groups is 1. The number of anilines is 1. The first-order valence-electron chi connectivity index (χ1n) is 5.12. The summed E-state index contributed by atoms with van der Waals surface area (Å²) < 4.78 is 26.3. The van der Waals surface area contributed by atoms with E-state index in [-0.39, 0.29) is 15.6 Å². The van der Waals surface area contributed by atoms with Gasteiger partial charge in [-0.05, 0) is 12.1 Å². The van der Waals surface area contributed by atoms with Crippen molar-refractivity contribution in [1.82, 2.24) is 9.97 Å². The van der Waals surface area contributed by atoms with E-state index in [0.717, 1.165) is 12.1 Å². The number of benzene rings is 1. The van der Waals surface area contributed by atoms with Crippen molar-refractivity contribution in [2.24, 2.45) is 0 Å². The summed E-state index contributed by atoms with van der Waals surface area (Å²) in [6.07, 6.45) is 3.76. The van der Waals surface area contributed by atoms with E-state index in [4.69, 9.17) is 11.6 Å². The first-order valence-corrected chi connectivity index (χ1v) is 6.98. The SMILES string of the molecule is O=[N+]([O-])c1cc(S(=O)(=O)Nc2cncnc2)ccc1Cl. The number of nitrogens with zero attached hydrogens (tertiary/aromatic N) is 3. The highest BCUT2D eigenvalue weighted by Gasteiger charge is 2.20. The van der Waals surface area contributed by atoms with E-state index in [9.17, 15) is 18.5 Å². The van der Waals surface area contributed by atoms with Crippen LogP contribution in [0.5, 0.6) is 0 Å². The van der Waals surface area contributed by atoms with Gasteiger partial charge in [0.15, 0.2) is 0 Å². The van der Waals surface area contributed by atoms with Gasteiger partial charge in [-0.15, -0.1) is 0 Å². The molecule has 0 aliphatic heterocycles. The summed E-state index contributed by atoms with van der Waals surface area (Å²) in [7, 11) is -3.98. The molecular formula is C10H7ClN4O4S. The average molecular weight is 315 g/mol. The van der Waals surface area contributed by atoms with Gasteiger partial charge in [0.25, 0.3) is 15.7 Å². The van der Waals surface area contributed by atoms with Crippen LogP contribution in [-0.2, 0) is 10.0 Å². The van der Waals surface area contributed by atoms with Crippen molar-refractivity contribution in [2.45, 2.75) is 4.90 Å². The molecule has 1 aromatic carbocycles. The van der Waals surface area contributed by atoms with Crippen molar-refractivity contribution in [3.8, 4) is 0 Å². The lowest BCUT2D eigenvalue weighted by molar-refractivity contribution is -0.384. The molecule has 0 spiro atoms. The minimum Gasteiger partial charge on any atom is -0.276 e. The van der Waals surface area contributed by atoms with Gasteiger partial charge in [-0.2, -0.15) is 0 Å². The van der Waals surface area contributed by atoms with Gasteiger partial charge >= 0.3 is 0 Å². The van der Waals surface area contributed by atoms with Crippen molar-refractivity contribution >= 4 is 33.0 Å². The standard InChI is InChI=1S/C10H7ClN4O4S/c11-9-2-1-8(3-10(9)15(16)17)20(18,19)14-7-4-12-6-13-5-7/h1-6,14H. The summed E-state index contributed by atoms with van der Waals surface area (Å²) in [5, 5.41) is 10.6. The third-order valence-corrected chi connectivity index (χ3v) is 3.94. The monoisotopic (exact) mass is 314 g/mol.